The molecule has 1 aliphatic heterocycles. The average Bonchev–Trinajstić information content (AvgIpc) is 2.19. The molecule has 2 aliphatic rings. The van der Waals surface area contributed by atoms with Crippen LogP contribution in [0.3, 0.4) is 0 Å². The number of hydrogen-bond donors (Lipinski definition) is 0. The van der Waals surface area contributed by atoms with E-state index in [0.29, 0.717) is 12.5 Å². The zero-order valence-electron chi connectivity index (χ0n) is 8.11. The molecule has 1 fully saturated rings. The Morgan fingerprint density at radius 1 is 1.21 bits per heavy atom. The maximum Gasteiger partial charge on any atom is 0.111 e. The molecule has 0 atom stereocenters. The molecule has 0 unspecified atom stereocenters. The van der Waals surface area contributed by atoms with Crippen molar-refractivity contribution in [2.45, 2.75) is 44.6 Å². The van der Waals surface area contributed by atoms with Gasteiger partial charge in [-0.25, -0.2) is 4.99 Å². The van der Waals surface area contributed by atoms with Crippen molar-refractivity contribution in [1.29, 1.82) is 0 Å². The Bertz CT molecular complexity index is 280. The Labute approximate surface area is 95.4 Å². The normalized spacial score (nSPS) is 24.4. The number of thiocarbonyl (C=S) groups is 2. The van der Waals surface area contributed by atoms with Gasteiger partial charge in [0.15, 0.2) is 0 Å². The third-order valence-electron chi connectivity index (χ3n) is 2.88. The lowest BCUT2D eigenvalue weighted by atomic mass is 9.94. The molecule has 14 heavy (non-hydrogen) atoms. The summed E-state index contributed by atoms with van der Waals surface area (Å²) in [5, 5.41) is 0. The van der Waals surface area contributed by atoms with Crippen molar-refractivity contribution in [2.24, 2.45) is 4.99 Å². The van der Waals surface area contributed by atoms with Gasteiger partial charge in [0.05, 0.1) is 17.7 Å². The first-order chi connectivity index (χ1) is 6.77. The van der Waals surface area contributed by atoms with Gasteiger partial charge >= 0.3 is 0 Å². The first-order valence-electron chi connectivity index (χ1n) is 5.15. The van der Waals surface area contributed by atoms with Crippen LogP contribution in [-0.2, 0) is 0 Å². The van der Waals surface area contributed by atoms with Gasteiger partial charge in [-0.1, -0.05) is 43.7 Å². The fraction of sp³-hybridized carbons (Fsp3) is 0.700. The number of aliphatic imine (C=N–C) groups is 1. The zero-order chi connectivity index (χ0) is 9.97. The van der Waals surface area contributed by atoms with Gasteiger partial charge in [-0.05, 0) is 12.8 Å². The van der Waals surface area contributed by atoms with E-state index < -0.39 is 0 Å². The van der Waals surface area contributed by atoms with Crippen LogP contribution in [0.5, 0.6) is 0 Å². The Hall–Kier alpha value is -0.350. The van der Waals surface area contributed by atoms with E-state index in [1.807, 2.05) is 6.34 Å². The molecule has 0 aromatic rings. The van der Waals surface area contributed by atoms with E-state index in [2.05, 4.69) is 9.89 Å². The van der Waals surface area contributed by atoms with Crippen LogP contribution >= 0.6 is 24.4 Å². The average molecular weight is 226 g/mol. The highest BCUT2D eigenvalue weighted by Crippen LogP contribution is 2.23. The van der Waals surface area contributed by atoms with Crippen molar-refractivity contribution in [3.63, 3.8) is 0 Å². The van der Waals surface area contributed by atoms with Crippen LogP contribution < -0.4 is 0 Å². The van der Waals surface area contributed by atoms with Crippen LogP contribution in [0.4, 0.5) is 0 Å². The van der Waals surface area contributed by atoms with Gasteiger partial charge in [-0.2, -0.15) is 0 Å². The first-order valence-corrected chi connectivity index (χ1v) is 5.97. The second-order valence-electron chi connectivity index (χ2n) is 3.91. The topological polar surface area (TPSA) is 15.6 Å². The number of hydrogen-bond acceptors (Lipinski definition) is 2. The molecule has 1 heterocycles. The summed E-state index contributed by atoms with van der Waals surface area (Å²) in [4.78, 5) is 8.02. The maximum absolute atomic E-state index is 5.33. The van der Waals surface area contributed by atoms with E-state index >= 15 is 0 Å². The Morgan fingerprint density at radius 3 is 2.57 bits per heavy atom. The molecule has 0 bridgehead atoms. The highest BCUT2D eigenvalue weighted by Gasteiger charge is 2.24. The Morgan fingerprint density at radius 2 is 1.93 bits per heavy atom. The molecule has 0 amide bonds. The minimum Gasteiger partial charge on any atom is -0.323 e. The number of rotatable bonds is 1. The van der Waals surface area contributed by atoms with E-state index in [4.69, 9.17) is 24.4 Å². The second kappa shape index (κ2) is 4.45. The third kappa shape index (κ3) is 2.17. The van der Waals surface area contributed by atoms with Gasteiger partial charge < -0.3 is 4.90 Å². The van der Waals surface area contributed by atoms with E-state index in [1.165, 1.54) is 32.1 Å². The highest BCUT2D eigenvalue weighted by molar-refractivity contribution is 7.82. The molecular weight excluding hydrogens is 212 g/mol. The summed E-state index contributed by atoms with van der Waals surface area (Å²) >= 11 is 10.4. The predicted octanol–water partition coefficient (Wildman–Crippen LogP) is 2.71. The molecule has 0 N–H and O–H groups in total. The molecule has 1 saturated carbocycles. The summed E-state index contributed by atoms with van der Waals surface area (Å²) in [5.41, 5.74) is 0. The summed E-state index contributed by atoms with van der Waals surface area (Å²) in [6, 6.07) is 0.586. The minimum atomic E-state index is 0.586. The van der Waals surface area contributed by atoms with Crippen molar-refractivity contribution in [1.82, 2.24) is 4.90 Å². The zero-order valence-corrected chi connectivity index (χ0v) is 9.74. The molecule has 2 nitrogen and oxygen atoms in total. The van der Waals surface area contributed by atoms with Crippen LogP contribution in [0.2, 0.25) is 0 Å². The molecular formula is C10H14N2S2. The fourth-order valence-corrected chi connectivity index (χ4v) is 2.72. The quantitative estimate of drug-likeness (QED) is 0.639. The molecule has 2 rings (SSSR count). The van der Waals surface area contributed by atoms with E-state index in [0.717, 1.165) is 9.98 Å². The summed E-state index contributed by atoms with van der Waals surface area (Å²) in [6.45, 7) is 0. The molecule has 1 aliphatic carbocycles. The van der Waals surface area contributed by atoms with Crippen molar-refractivity contribution in [2.75, 3.05) is 0 Å². The van der Waals surface area contributed by atoms with Gasteiger partial charge in [0.1, 0.15) is 4.99 Å². The fourth-order valence-electron chi connectivity index (χ4n) is 2.11. The predicted molar refractivity (Wildman–Crippen MR) is 67.0 cm³/mol. The highest BCUT2D eigenvalue weighted by atomic mass is 32.1. The van der Waals surface area contributed by atoms with Crippen LogP contribution in [0.1, 0.15) is 38.5 Å². The summed E-state index contributed by atoms with van der Waals surface area (Å²) < 4.78 is 0. The molecule has 76 valence electrons. The molecule has 0 aromatic carbocycles. The van der Waals surface area contributed by atoms with E-state index in [-0.39, 0.29) is 0 Å². The summed E-state index contributed by atoms with van der Waals surface area (Å²) in [7, 11) is 0. The maximum atomic E-state index is 5.33. The monoisotopic (exact) mass is 226 g/mol. The van der Waals surface area contributed by atoms with Gasteiger partial charge in [0.25, 0.3) is 0 Å². The largest absolute Gasteiger partial charge is 0.323 e. The SMILES string of the molecule is S=C1CC(=S)N(C2CCCCC2)C=N1. The lowest BCUT2D eigenvalue weighted by molar-refractivity contribution is 0.326. The van der Waals surface area contributed by atoms with Crippen molar-refractivity contribution in [3.8, 4) is 0 Å². The van der Waals surface area contributed by atoms with Gasteiger partial charge in [0.2, 0.25) is 0 Å². The van der Waals surface area contributed by atoms with E-state index in [9.17, 15) is 0 Å². The van der Waals surface area contributed by atoms with Crippen molar-refractivity contribution in [3.05, 3.63) is 0 Å². The molecule has 0 aromatic heterocycles. The standard InChI is InChI=1S/C10H14N2S2/c13-9-6-10(14)12(7-11-9)8-4-2-1-3-5-8/h7-8H,1-6H2. The van der Waals surface area contributed by atoms with Crippen LogP contribution in [0.15, 0.2) is 4.99 Å². The lowest BCUT2D eigenvalue weighted by Crippen LogP contribution is -2.42. The second-order valence-corrected chi connectivity index (χ2v) is 4.85. The van der Waals surface area contributed by atoms with Crippen LogP contribution in [0, 0.1) is 0 Å². The first kappa shape index (κ1) is 10.2. The minimum absolute atomic E-state index is 0.586. The van der Waals surface area contributed by atoms with Crippen LogP contribution in [-0.4, -0.2) is 27.3 Å². The van der Waals surface area contributed by atoms with Crippen LogP contribution in [0.25, 0.3) is 0 Å². The van der Waals surface area contributed by atoms with Gasteiger partial charge in [-0.15, -0.1) is 0 Å². The summed E-state index contributed by atoms with van der Waals surface area (Å²) in [5.74, 6) is 0. The molecule has 4 heteroatoms. The smallest absolute Gasteiger partial charge is 0.111 e. The van der Waals surface area contributed by atoms with E-state index in [1.54, 1.807) is 0 Å². The third-order valence-corrected chi connectivity index (χ3v) is 3.49. The van der Waals surface area contributed by atoms with Crippen molar-refractivity contribution < 1.29 is 0 Å². The molecule has 0 spiro atoms. The number of nitrogens with zero attached hydrogens (tertiary/aromatic N) is 2. The summed E-state index contributed by atoms with van der Waals surface area (Å²) in [6.07, 6.45) is 9.04. The Kier molecular flexibility index (Phi) is 3.23. The molecule has 0 radical (unpaired) electrons. The Balaban J connectivity index is 2.05. The lowest BCUT2D eigenvalue weighted by Gasteiger charge is -2.34. The van der Waals surface area contributed by atoms with Gasteiger partial charge in [-0.3, -0.25) is 0 Å². The van der Waals surface area contributed by atoms with Gasteiger partial charge in [0, 0.05) is 6.04 Å². The molecule has 0 saturated heterocycles. The van der Waals surface area contributed by atoms with Crippen molar-refractivity contribution >= 4 is 40.8 Å².